The van der Waals surface area contributed by atoms with E-state index in [9.17, 15) is 38.5 Å². The van der Waals surface area contributed by atoms with Crippen LogP contribution in [0.4, 0.5) is 8.78 Å². The van der Waals surface area contributed by atoms with E-state index in [1.807, 2.05) is 30.3 Å². The number of aliphatic hydroxyl groups is 3. The number of rotatable bonds is 8. The summed E-state index contributed by atoms with van der Waals surface area (Å²) in [6.45, 7) is 1.02. The van der Waals surface area contributed by atoms with Gasteiger partial charge >= 0.3 is 0 Å². The lowest BCUT2D eigenvalue weighted by Crippen LogP contribution is -2.61. The van der Waals surface area contributed by atoms with E-state index in [2.05, 4.69) is 0 Å². The molecular formula is C37H38F2N2O7. The van der Waals surface area contributed by atoms with Crippen LogP contribution in [0.2, 0.25) is 0 Å². The molecule has 0 radical (unpaired) electrons. The summed E-state index contributed by atoms with van der Waals surface area (Å²) in [4.78, 5) is 43.0. The molecule has 1 amide bonds. The number of allylic oxidation sites excluding steroid dienone is 3. The maximum Gasteiger partial charge on any atom is 0.270 e. The summed E-state index contributed by atoms with van der Waals surface area (Å²) < 4.78 is 34.1. The average molecular weight is 661 g/mol. The molecule has 5 N–H and O–H groups in total. The van der Waals surface area contributed by atoms with Gasteiger partial charge in [0.25, 0.3) is 11.8 Å². The van der Waals surface area contributed by atoms with Crippen LogP contribution in [-0.2, 0) is 31.6 Å². The highest BCUT2D eigenvalue weighted by atomic mass is 19.3. The van der Waals surface area contributed by atoms with Crippen molar-refractivity contribution in [3.63, 3.8) is 0 Å². The minimum atomic E-state index is -3.04. The summed E-state index contributed by atoms with van der Waals surface area (Å²) in [7, 11) is 3.55. The van der Waals surface area contributed by atoms with Gasteiger partial charge in [-0.15, -0.1) is 0 Å². The lowest BCUT2D eigenvalue weighted by molar-refractivity contribution is -0.150. The number of benzene rings is 2. The number of fused-ring (bicyclic) bond motifs is 3. The number of nitrogens with zero attached hydrogens (tertiary/aromatic N) is 1. The first-order valence-corrected chi connectivity index (χ1v) is 15.8. The van der Waals surface area contributed by atoms with E-state index >= 15 is 0 Å². The van der Waals surface area contributed by atoms with Crippen molar-refractivity contribution in [3.05, 3.63) is 112 Å². The number of ether oxygens (including phenoxy) is 1. The molecule has 0 spiro atoms. The van der Waals surface area contributed by atoms with Gasteiger partial charge < -0.3 is 30.7 Å². The second-order valence-corrected chi connectivity index (χ2v) is 13.4. The molecule has 6 atom stereocenters. The van der Waals surface area contributed by atoms with Gasteiger partial charge in [0.05, 0.1) is 12.0 Å². The first-order chi connectivity index (χ1) is 22.6. The summed E-state index contributed by atoms with van der Waals surface area (Å²) >= 11 is 0. The van der Waals surface area contributed by atoms with Crippen LogP contribution < -0.4 is 5.73 Å². The monoisotopic (exact) mass is 660 g/mol. The van der Waals surface area contributed by atoms with Crippen LogP contribution in [0.1, 0.15) is 36.5 Å². The molecule has 0 saturated heterocycles. The maximum atomic E-state index is 14.2. The van der Waals surface area contributed by atoms with Crippen molar-refractivity contribution in [1.82, 2.24) is 4.90 Å². The molecule has 6 rings (SSSR count). The number of carbonyl (C=O) groups excluding carboxylic acids is 3. The Hall–Kier alpha value is -4.45. The largest absolute Gasteiger partial charge is 0.508 e. The second kappa shape index (κ2) is 12.2. The van der Waals surface area contributed by atoms with Gasteiger partial charge in [-0.05, 0) is 55.1 Å². The molecule has 1 fully saturated rings. The van der Waals surface area contributed by atoms with Crippen molar-refractivity contribution in [2.75, 3.05) is 20.6 Å². The van der Waals surface area contributed by atoms with E-state index < -0.39 is 70.1 Å². The topological polar surface area (TPSA) is 150 Å². The smallest absolute Gasteiger partial charge is 0.270 e. The zero-order chi connectivity index (χ0) is 34.7. The number of carbonyl (C=O) groups is 3. The minimum absolute atomic E-state index is 0.00913. The Kier molecular flexibility index (Phi) is 8.51. The van der Waals surface area contributed by atoms with E-state index in [1.165, 1.54) is 18.2 Å². The molecule has 9 nitrogen and oxygen atoms in total. The number of hydrogen-bond acceptors (Lipinski definition) is 8. The SMILES string of the molecule is CN(C)CC1C(OCc2ccccc2)=C(C(N)=O)C(=O)[C@@]2(O)C(O)=C3C(=O)C4C(=C(c5ccc(C(C)(F)F)cc5)C=CC4O)C[C@H]3C[C@@H]12. The Labute approximate surface area is 276 Å². The van der Waals surface area contributed by atoms with E-state index in [4.69, 9.17) is 10.5 Å². The van der Waals surface area contributed by atoms with Gasteiger partial charge in [0.15, 0.2) is 11.4 Å². The molecule has 3 unspecified atom stereocenters. The molecule has 2 aromatic carbocycles. The highest BCUT2D eigenvalue weighted by Crippen LogP contribution is 2.56. The van der Waals surface area contributed by atoms with Crippen LogP contribution in [0.15, 0.2) is 95.0 Å². The van der Waals surface area contributed by atoms with Crippen LogP contribution in [0, 0.1) is 23.7 Å². The quantitative estimate of drug-likeness (QED) is 0.311. The fraction of sp³-hybridized carbons (Fsp3) is 0.378. The number of nitrogens with two attached hydrogens (primary N) is 1. The van der Waals surface area contributed by atoms with E-state index in [-0.39, 0.29) is 42.9 Å². The maximum absolute atomic E-state index is 14.2. The summed E-state index contributed by atoms with van der Waals surface area (Å²) in [5.74, 6) is -10.4. The zero-order valence-electron chi connectivity index (χ0n) is 26.8. The predicted octanol–water partition coefficient (Wildman–Crippen LogP) is 3.97. The molecule has 11 heteroatoms. The minimum Gasteiger partial charge on any atom is -0.508 e. The van der Waals surface area contributed by atoms with Crippen molar-refractivity contribution in [2.45, 2.75) is 44.0 Å². The molecule has 0 aliphatic heterocycles. The molecule has 0 bridgehead atoms. The molecular weight excluding hydrogens is 622 g/mol. The van der Waals surface area contributed by atoms with E-state index in [0.717, 1.165) is 12.5 Å². The third-order valence-electron chi connectivity index (χ3n) is 10.0. The molecule has 1 saturated carbocycles. The van der Waals surface area contributed by atoms with Gasteiger partial charge in [0, 0.05) is 36.4 Å². The highest BCUT2D eigenvalue weighted by molar-refractivity contribution is 6.24. The first kappa shape index (κ1) is 33.5. The fourth-order valence-electron chi connectivity index (χ4n) is 7.82. The third-order valence-corrected chi connectivity index (χ3v) is 10.0. The summed E-state index contributed by atoms with van der Waals surface area (Å²) in [6, 6.07) is 14.8. The van der Waals surface area contributed by atoms with Crippen LogP contribution in [0.5, 0.6) is 0 Å². The lowest BCUT2D eigenvalue weighted by Gasteiger charge is -2.51. The van der Waals surface area contributed by atoms with Gasteiger partial charge in [-0.3, -0.25) is 14.4 Å². The van der Waals surface area contributed by atoms with Crippen molar-refractivity contribution in [3.8, 4) is 0 Å². The molecule has 48 heavy (non-hydrogen) atoms. The van der Waals surface area contributed by atoms with Crippen LogP contribution in [0.25, 0.3) is 5.57 Å². The first-order valence-electron chi connectivity index (χ1n) is 15.8. The number of ketones is 2. The second-order valence-electron chi connectivity index (χ2n) is 13.4. The number of hydrogen-bond donors (Lipinski definition) is 4. The number of amides is 1. The number of Topliss-reactive ketones (excluding diaryl/α,β-unsaturated/α-hetero) is 2. The van der Waals surface area contributed by atoms with Gasteiger partial charge in [0.1, 0.15) is 23.7 Å². The molecule has 0 aromatic heterocycles. The Morgan fingerprint density at radius 1 is 1.10 bits per heavy atom. The fourth-order valence-corrected chi connectivity index (χ4v) is 7.82. The van der Waals surface area contributed by atoms with E-state index in [0.29, 0.717) is 16.7 Å². The highest BCUT2D eigenvalue weighted by Gasteiger charge is 2.63. The van der Waals surface area contributed by atoms with Crippen LogP contribution >= 0.6 is 0 Å². The van der Waals surface area contributed by atoms with Crippen molar-refractivity contribution in [1.29, 1.82) is 0 Å². The van der Waals surface area contributed by atoms with Crippen molar-refractivity contribution < 1.29 is 43.2 Å². The van der Waals surface area contributed by atoms with Gasteiger partial charge in [-0.25, -0.2) is 8.78 Å². The summed E-state index contributed by atoms with van der Waals surface area (Å²) in [6.07, 6.45) is 2.05. The van der Waals surface area contributed by atoms with Crippen LogP contribution in [-0.4, -0.2) is 70.0 Å². The standard InChI is InChI=1S/C37H38F2N2O7/c1-36(38,39)22-11-9-20(10-12-22)23-13-14-27(42)29-24(23)15-21-16-26-25(17-41(2)3)32(48-18-19-7-5-4-6-8-19)30(35(40)46)34(45)37(26,47)33(44)28(21)31(29)43/h4-14,21,25-27,29,42,44,47H,15-18H2,1-3H3,(H2,40,46)/t21-,25?,26-,27?,29?,37-/m0/s1. The Morgan fingerprint density at radius 2 is 1.77 bits per heavy atom. The normalized spacial score (nSPS) is 28.8. The zero-order valence-corrected chi connectivity index (χ0v) is 26.8. The Morgan fingerprint density at radius 3 is 2.38 bits per heavy atom. The Bertz CT molecular complexity index is 1790. The van der Waals surface area contributed by atoms with Crippen LogP contribution in [0.3, 0.4) is 0 Å². The summed E-state index contributed by atoms with van der Waals surface area (Å²) in [5.41, 5.74) is 4.67. The number of halogens is 2. The third kappa shape index (κ3) is 5.49. The number of alkyl halides is 2. The predicted molar refractivity (Wildman–Crippen MR) is 172 cm³/mol. The van der Waals surface area contributed by atoms with E-state index in [1.54, 1.807) is 37.2 Å². The number of primary amides is 1. The lowest BCUT2D eigenvalue weighted by atomic mass is 9.55. The van der Waals surface area contributed by atoms with Crippen molar-refractivity contribution >= 4 is 23.0 Å². The number of aliphatic hydroxyl groups excluding tert-OH is 2. The van der Waals surface area contributed by atoms with Gasteiger partial charge in [-0.2, -0.15) is 0 Å². The Balaban J connectivity index is 1.46. The summed E-state index contributed by atoms with van der Waals surface area (Å²) in [5, 5.41) is 35.0. The molecule has 252 valence electrons. The van der Waals surface area contributed by atoms with Gasteiger partial charge in [0.2, 0.25) is 5.78 Å². The van der Waals surface area contributed by atoms with Gasteiger partial charge in [-0.1, -0.05) is 66.7 Å². The molecule has 4 aliphatic rings. The van der Waals surface area contributed by atoms with Crippen molar-refractivity contribution in [2.24, 2.45) is 29.4 Å². The molecule has 0 heterocycles. The average Bonchev–Trinajstić information content (AvgIpc) is 3.03. The molecule has 2 aromatic rings. The molecule has 4 aliphatic carbocycles.